The number of rotatable bonds is 4. The highest BCUT2D eigenvalue weighted by Crippen LogP contribution is 2.25. The molecule has 0 radical (unpaired) electrons. The van der Waals surface area contributed by atoms with Crippen LogP contribution >= 0.6 is 11.6 Å². The molecule has 1 N–H and O–H groups in total. The average molecular weight is 277 g/mol. The molecule has 0 aliphatic carbocycles. The van der Waals surface area contributed by atoms with Crippen LogP contribution in [0.5, 0.6) is 11.6 Å². The molecule has 0 aliphatic rings. The van der Waals surface area contributed by atoms with Crippen LogP contribution in [0.3, 0.4) is 0 Å². The first-order chi connectivity index (χ1) is 9.10. The maximum absolute atomic E-state index is 5.99. The zero-order valence-electron chi connectivity index (χ0n) is 11.3. The van der Waals surface area contributed by atoms with Gasteiger partial charge in [-0.25, -0.2) is 4.98 Å². The summed E-state index contributed by atoms with van der Waals surface area (Å²) in [5.74, 6) is 1.34. The molecule has 1 aromatic carbocycles. The minimum atomic E-state index is 0.596. The summed E-state index contributed by atoms with van der Waals surface area (Å²) in [4.78, 5) is 4.44. The van der Waals surface area contributed by atoms with Crippen LogP contribution in [-0.2, 0) is 6.54 Å². The molecule has 19 heavy (non-hydrogen) atoms. The van der Waals surface area contributed by atoms with E-state index in [0.29, 0.717) is 5.88 Å². The van der Waals surface area contributed by atoms with Crippen LogP contribution in [0.1, 0.15) is 16.8 Å². The number of ether oxygens (including phenoxy) is 1. The standard InChI is InChI=1S/C15H17ClN2O/c1-10-8-13(5-6-14(10)16)19-15-7-4-12(9-17-3)11(2)18-15/h4-8,17H,9H2,1-3H3. The van der Waals surface area contributed by atoms with Gasteiger partial charge in [0.1, 0.15) is 5.75 Å². The van der Waals surface area contributed by atoms with Crippen LogP contribution in [0, 0.1) is 13.8 Å². The molecule has 1 aromatic heterocycles. The minimum Gasteiger partial charge on any atom is -0.439 e. The summed E-state index contributed by atoms with van der Waals surface area (Å²) in [5, 5.41) is 3.85. The first-order valence-electron chi connectivity index (χ1n) is 6.15. The summed E-state index contributed by atoms with van der Waals surface area (Å²) < 4.78 is 5.74. The number of hydrogen-bond acceptors (Lipinski definition) is 3. The normalized spacial score (nSPS) is 10.5. The Kier molecular flexibility index (Phi) is 4.40. The highest BCUT2D eigenvalue weighted by Gasteiger charge is 2.04. The molecule has 0 atom stereocenters. The van der Waals surface area contributed by atoms with Gasteiger partial charge >= 0.3 is 0 Å². The number of aryl methyl sites for hydroxylation is 2. The van der Waals surface area contributed by atoms with Crippen molar-refractivity contribution >= 4 is 11.6 Å². The molecule has 4 heteroatoms. The molecule has 0 saturated carbocycles. The van der Waals surface area contributed by atoms with Gasteiger partial charge in [-0.1, -0.05) is 17.7 Å². The maximum atomic E-state index is 5.99. The van der Waals surface area contributed by atoms with Crippen molar-refractivity contribution in [2.45, 2.75) is 20.4 Å². The molecule has 0 bridgehead atoms. The van der Waals surface area contributed by atoms with E-state index in [2.05, 4.69) is 10.3 Å². The van der Waals surface area contributed by atoms with Crippen LogP contribution < -0.4 is 10.1 Å². The van der Waals surface area contributed by atoms with Crippen LogP contribution in [0.4, 0.5) is 0 Å². The van der Waals surface area contributed by atoms with Gasteiger partial charge in [0.2, 0.25) is 5.88 Å². The highest BCUT2D eigenvalue weighted by atomic mass is 35.5. The third-order valence-electron chi connectivity index (χ3n) is 2.89. The average Bonchev–Trinajstić information content (AvgIpc) is 2.37. The van der Waals surface area contributed by atoms with E-state index in [-0.39, 0.29) is 0 Å². The topological polar surface area (TPSA) is 34.1 Å². The smallest absolute Gasteiger partial charge is 0.219 e. The second kappa shape index (κ2) is 6.04. The molecule has 0 amide bonds. The number of halogens is 1. The predicted octanol–water partition coefficient (Wildman–Crippen LogP) is 3.86. The van der Waals surface area contributed by atoms with Crippen molar-refractivity contribution in [3.05, 3.63) is 52.2 Å². The van der Waals surface area contributed by atoms with Gasteiger partial charge in [0.15, 0.2) is 0 Å². The number of nitrogens with one attached hydrogen (secondary N) is 1. The van der Waals surface area contributed by atoms with E-state index in [1.54, 1.807) is 0 Å². The van der Waals surface area contributed by atoms with Gasteiger partial charge < -0.3 is 10.1 Å². The number of benzene rings is 1. The number of pyridine rings is 1. The molecule has 0 unspecified atom stereocenters. The SMILES string of the molecule is CNCc1ccc(Oc2ccc(Cl)c(C)c2)nc1C. The second-order valence-corrected chi connectivity index (χ2v) is 4.84. The number of nitrogens with zero attached hydrogens (tertiary/aromatic N) is 1. The summed E-state index contributed by atoms with van der Waals surface area (Å²) in [7, 11) is 1.92. The van der Waals surface area contributed by atoms with Gasteiger partial charge in [-0.2, -0.15) is 0 Å². The first kappa shape index (κ1) is 13.8. The molecule has 100 valence electrons. The van der Waals surface area contributed by atoms with E-state index in [4.69, 9.17) is 16.3 Å². The Morgan fingerprint density at radius 3 is 2.63 bits per heavy atom. The molecule has 1 heterocycles. The van der Waals surface area contributed by atoms with Crippen molar-refractivity contribution in [1.29, 1.82) is 0 Å². The molecule has 2 aromatic rings. The third-order valence-corrected chi connectivity index (χ3v) is 3.31. The van der Waals surface area contributed by atoms with E-state index >= 15 is 0 Å². The lowest BCUT2D eigenvalue weighted by atomic mass is 10.2. The van der Waals surface area contributed by atoms with Gasteiger partial charge in [-0.15, -0.1) is 0 Å². The molecule has 0 spiro atoms. The van der Waals surface area contributed by atoms with Crippen LogP contribution in [-0.4, -0.2) is 12.0 Å². The Hall–Kier alpha value is -1.58. The van der Waals surface area contributed by atoms with E-state index in [1.807, 2.05) is 51.2 Å². The minimum absolute atomic E-state index is 0.596. The highest BCUT2D eigenvalue weighted by molar-refractivity contribution is 6.31. The van der Waals surface area contributed by atoms with E-state index in [1.165, 1.54) is 5.56 Å². The van der Waals surface area contributed by atoms with Gasteiger partial charge in [-0.3, -0.25) is 0 Å². The Bertz CT molecular complexity index is 584. The zero-order valence-corrected chi connectivity index (χ0v) is 12.1. The molecule has 3 nitrogen and oxygen atoms in total. The molecule has 2 rings (SSSR count). The van der Waals surface area contributed by atoms with E-state index in [0.717, 1.165) is 28.6 Å². The fourth-order valence-electron chi connectivity index (χ4n) is 1.80. The maximum Gasteiger partial charge on any atom is 0.219 e. The van der Waals surface area contributed by atoms with E-state index < -0.39 is 0 Å². The van der Waals surface area contributed by atoms with Crippen molar-refractivity contribution < 1.29 is 4.74 Å². The first-order valence-corrected chi connectivity index (χ1v) is 6.53. The van der Waals surface area contributed by atoms with Gasteiger partial charge in [-0.05, 0) is 50.2 Å². The fraction of sp³-hybridized carbons (Fsp3) is 0.267. The fourth-order valence-corrected chi connectivity index (χ4v) is 1.92. The molecular weight excluding hydrogens is 260 g/mol. The molecular formula is C15H17ClN2O. The van der Waals surface area contributed by atoms with Gasteiger partial charge in [0, 0.05) is 23.3 Å². The number of aromatic nitrogens is 1. The molecule has 0 fully saturated rings. The summed E-state index contributed by atoms with van der Waals surface area (Å²) in [6.45, 7) is 4.73. The second-order valence-electron chi connectivity index (χ2n) is 4.44. The summed E-state index contributed by atoms with van der Waals surface area (Å²) in [5.41, 5.74) is 3.13. The van der Waals surface area contributed by atoms with Crippen molar-refractivity contribution in [2.75, 3.05) is 7.05 Å². The lowest BCUT2D eigenvalue weighted by Crippen LogP contribution is -2.07. The van der Waals surface area contributed by atoms with Crippen molar-refractivity contribution in [1.82, 2.24) is 10.3 Å². The lowest BCUT2D eigenvalue weighted by molar-refractivity contribution is 0.460. The lowest BCUT2D eigenvalue weighted by Gasteiger charge is -2.09. The van der Waals surface area contributed by atoms with Gasteiger partial charge in [0.25, 0.3) is 0 Å². The van der Waals surface area contributed by atoms with Crippen molar-refractivity contribution in [3.8, 4) is 11.6 Å². The molecule has 0 aliphatic heterocycles. The van der Waals surface area contributed by atoms with Crippen LogP contribution in [0.2, 0.25) is 5.02 Å². The Balaban J connectivity index is 2.19. The van der Waals surface area contributed by atoms with Gasteiger partial charge in [0.05, 0.1) is 0 Å². The Labute approximate surface area is 118 Å². The van der Waals surface area contributed by atoms with Crippen molar-refractivity contribution in [3.63, 3.8) is 0 Å². The van der Waals surface area contributed by atoms with Crippen LogP contribution in [0.15, 0.2) is 30.3 Å². The van der Waals surface area contributed by atoms with Crippen LogP contribution in [0.25, 0.3) is 0 Å². The summed E-state index contributed by atoms with van der Waals surface area (Å²) >= 11 is 5.99. The predicted molar refractivity (Wildman–Crippen MR) is 78.0 cm³/mol. The summed E-state index contributed by atoms with van der Waals surface area (Å²) in [6, 6.07) is 9.48. The zero-order chi connectivity index (χ0) is 13.8. The van der Waals surface area contributed by atoms with E-state index in [9.17, 15) is 0 Å². The Morgan fingerprint density at radius 2 is 2.00 bits per heavy atom. The largest absolute Gasteiger partial charge is 0.439 e. The Morgan fingerprint density at radius 1 is 1.21 bits per heavy atom. The third kappa shape index (κ3) is 3.46. The van der Waals surface area contributed by atoms with Crippen molar-refractivity contribution in [2.24, 2.45) is 0 Å². The quantitative estimate of drug-likeness (QED) is 0.921. The summed E-state index contributed by atoms with van der Waals surface area (Å²) in [6.07, 6.45) is 0. The monoisotopic (exact) mass is 276 g/mol. The number of hydrogen-bond donors (Lipinski definition) is 1. The molecule has 0 saturated heterocycles.